The zero-order chi connectivity index (χ0) is 23.5. The number of hydrogen-bond acceptors (Lipinski definition) is 6. The number of halogens is 1. The molecule has 1 amide bonds. The summed E-state index contributed by atoms with van der Waals surface area (Å²) in [5.74, 6) is 0.739. The lowest BCUT2D eigenvalue weighted by molar-refractivity contribution is -0.111. The molecule has 1 fully saturated rings. The van der Waals surface area contributed by atoms with Gasteiger partial charge in [-0.25, -0.2) is 4.98 Å². The minimum atomic E-state index is -0.258. The van der Waals surface area contributed by atoms with Crippen LogP contribution in [0.1, 0.15) is 0 Å². The van der Waals surface area contributed by atoms with E-state index in [1.54, 1.807) is 6.20 Å². The summed E-state index contributed by atoms with van der Waals surface area (Å²) in [6, 6.07) is 15.7. The summed E-state index contributed by atoms with van der Waals surface area (Å²) in [5, 5.41) is 7.38. The molecule has 5 rings (SSSR count). The molecule has 8 nitrogen and oxygen atoms in total. The van der Waals surface area contributed by atoms with Crippen LogP contribution in [0.25, 0.3) is 16.7 Å². The van der Waals surface area contributed by atoms with Crippen LogP contribution in [0.15, 0.2) is 73.6 Å². The lowest BCUT2D eigenvalue weighted by atomic mass is 10.2. The van der Waals surface area contributed by atoms with E-state index in [9.17, 15) is 4.79 Å². The number of carbonyl (C=O) groups excluding carboxylic acids is 1. The Labute approximate surface area is 201 Å². The van der Waals surface area contributed by atoms with Crippen molar-refractivity contribution in [2.45, 2.75) is 0 Å². The van der Waals surface area contributed by atoms with Crippen molar-refractivity contribution >= 4 is 51.4 Å². The van der Waals surface area contributed by atoms with Gasteiger partial charge in [-0.2, -0.15) is 4.98 Å². The highest BCUT2D eigenvalue weighted by Crippen LogP contribution is 2.28. The third kappa shape index (κ3) is 4.59. The first-order valence-electron chi connectivity index (χ1n) is 10.9. The fourth-order valence-corrected chi connectivity index (χ4v) is 4.07. The highest BCUT2D eigenvalue weighted by Gasteiger charge is 2.13. The predicted molar refractivity (Wildman–Crippen MR) is 135 cm³/mol. The summed E-state index contributed by atoms with van der Waals surface area (Å²) >= 11 is 6.46. The summed E-state index contributed by atoms with van der Waals surface area (Å²) in [4.78, 5) is 22.9. The van der Waals surface area contributed by atoms with Crippen molar-refractivity contribution in [2.75, 3.05) is 41.8 Å². The maximum atomic E-state index is 11.6. The molecule has 2 aromatic carbocycles. The smallest absolute Gasteiger partial charge is 0.247 e. The van der Waals surface area contributed by atoms with Crippen molar-refractivity contribution in [3.63, 3.8) is 0 Å². The summed E-state index contributed by atoms with van der Waals surface area (Å²) in [5.41, 5.74) is 3.63. The molecule has 0 spiro atoms. The number of aromatic nitrogens is 3. The molecule has 172 valence electrons. The second-order valence-corrected chi connectivity index (χ2v) is 8.20. The first-order valence-corrected chi connectivity index (χ1v) is 11.3. The molecule has 1 aliphatic rings. The Morgan fingerprint density at radius 1 is 1.09 bits per heavy atom. The third-order valence-electron chi connectivity index (χ3n) is 5.60. The van der Waals surface area contributed by atoms with E-state index in [2.05, 4.69) is 44.2 Å². The van der Waals surface area contributed by atoms with Gasteiger partial charge in [-0.05, 0) is 54.6 Å². The van der Waals surface area contributed by atoms with Crippen molar-refractivity contribution in [3.8, 4) is 5.82 Å². The van der Waals surface area contributed by atoms with Crippen LogP contribution >= 0.6 is 11.6 Å². The average Bonchev–Trinajstić information content (AvgIpc) is 3.29. The van der Waals surface area contributed by atoms with Crippen LogP contribution in [-0.2, 0) is 9.53 Å². The number of nitrogens with zero attached hydrogens (tertiary/aromatic N) is 4. The number of rotatable bonds is 6. The Morgan fingerprint density at radius 3 is 2.62 bits per heavy atom. The Morgan fingerprint density at radius 2 is 1.85 bits per heavy atom. The summed E-state index contributed by atoms with van der Waals surface area (Å²) in [6.45, 7) is 6.76. The number of fused-ring (bicyclic) bond motifs is 1. The van der Waals surface area contributed by atoms with Crippen LogP contribution in [0.4, 0.5) is 23.0 Å². The molecule has 0 bridgehead atoms. The number of anilines is 4. The van der Waals surface area contributed by atoms with E-state index >= 15 is 0 Å². The van der Waals surface area contributed by atoms with Gasteiger partial charge in [-0.1, -0.05) is 18.2 Å². The summed E-state index contributed by atoms with van der Waals surface area (Å²) < 4.78 is 7.32. The molecule has 0 atom stereocenters. The molecule has 2 N–H and O–H groups in total. The molecule has 9 heteroatoms. The first kappa shape index (κ1) is 21.9. The zero-order valence-corrected chi connectivity index (χ0v) is 19.1. The molecule has 4 aromatic rings. The number of hydrogen-bond donors (Lipinski definition) is 2. The average molecular weight is 475 g/mol. The molecular formula is C25H23ClN6O2. The number of ether oxygens (including phenoxy) is 1. The van der Waals surface area contributed by atoms with Gasteiger partial charge in [0.05, 0.1) is 24.9 Å². The van der Waals surface area contributed by atoms with Gasteiger partial charge in [-0.15, -0.1) is 0 Å². The van der Waals surface area contributed by atoms with Gasteiger partial charge in [-0.3, -0.25) is 9.36 Å². The Kier molecular flexibility index (Phi) is 6.16. The largest absolute Gasteiger partial charge is 0.378 e. The number of morpholine rings is 1. The van der Waals surface area contributed by atoms with E-state index in [0.717, 1.165) is 48.6 Å². The normalized spacial score (nSPS) is 13.6. The highest BCUT2D eigenvalue weighted by molar-refractivity contribution is 6.32. The standard InChI is InChI=1S/C25H23ClN6O2/c1-2-23(33)28-19-5-8-22-17(15-19)9-10-32(22)24-21(26)16-27-25(30-24)29-18-3-6-20(7-4-18)31-11-13-34-14-12-31/h2-10,15-16H,1,11-14H2,(H,28,33)(H,27,29,30). The quantitative estimate of drug-likeness (QED) is 0.391. The Bertz CT molecular complexity index is 1350. The maximum Gasteiger partial charge on any atom is 0.247 e. The van der Waals surface area contributed by atoms with E-state index in [1.165, 1.54) is 6.08 Å². The molecule has 34 heavy (non-hydrogen) atoms. The van der Waals surface area contributed by atoms with Crippen LogP contribution in [0.3, 0.4) is 0 Å². The SMILES string of the molecule is C=CC(=O)Nc1ccc2c(ccn2-c2nc(Nc3ccc(N4CCOCC4)cc3)ncc2Cl)c1. The summed E-state index contributed by atoms with van der Waals surface area (Å²) in [6.07, 6.45) is 4.71. The number of nitrogens with one attached hydrogen (secondary N) is 2. The van der Waals surface area contributed by atoms with Gasteiger partial charge in [0.2, 0.25) is 11.9 Å². The molecule has 3 heterocycles. The molecule has 1 aliphatic heterocycles. The fraction of sp³-hybridized carbons (Fsp3) is 0.160. The van der Waals surface area contributed by atoms with Gasteiger partial charge in [0.1, 0.15) is 5.02 Å². The van der Waals surface area contributed by atoms with Crippen LogP contribution < -0.4 is 15.5 Å². The van der Waals surface area contributed by atoms with Crippen molar-refractivity contribution in [1.82, 2.24) is 14.5 Å². The van der Waals surface area contributed by atoms with E-state index < -0.39 is 0 Å². The highest BCUT2D eigenvalue weighted by atomic mass is 35.5. The van der Waals surface area contributed by atoms with Crippen molar-refractivity contribution in [2.24, 2.45) is 0 Å². The van der Waals surface area contributed by atoms with Crippen molar-refractivity contribution in [3.05, 3.63) is 78.6 Å². The minimum absolute atomic E-state index is 0.258. The van der Waals surface area contributed by atoms with Crippen molar-refractivity contribution in [1.29, 1.82) is 0 Å². The van der Waals surface area contributed by atoms with E-state index in [-0.39, 0.29) is 5.91 Å². The van der Waals surface area contributed by atoms with Gasteiger partial charge in [0, 0.05) is 41.7 Å². The number of carbonyl (C=O) groups is 1. The first-order chi connectivity index (χ1) is 16.6. The van der Waals surface area contributed by atoms with Crippen molar-refractivity contribution < 1.29 is 9.53 Å². The second kappa shape index (κ2) is 9.54. The second-order valence-electron chi connectivity index (χ2n) is 7.79. The van der Waals surface area contributed by atoms with E-state index in [1.807, 2.05) is 47.2 Å². The van der Waals surface area contributed by atoms with Gasteiger partial charge < -0.3 is 20.3 Å². The minimum Gasteiger partial charge on any atom is -0.378 e. The Hall–Kier alpha value is -3.88. The van der Waals surface area contributed by atoms with Gasteiger partial charge >= 0.3 is 0 Å². The topological polar surface area (TPSA) is 84.3 Å². The number of amides is 1. The monoisotopic (exact) mass is 474 g/mol. The summed E-state index contributed by atoms with van der Waals surface area (Å²) in [7, 11) is 0. The molecule has 0 radical (unpaired) electrons. The molecule has 1 saturated heterocycles. The van der Waals surface area contributed by atoms with Crippen LogP contribution in [0.5, 0.6) is 0 Å². The Balaban J connectivity index is 1.38. The van der Waals surface area contributed by atoms with E-state index in [4.69, 9.17) is 16.3 Å². The molecule has 0 aliphatic carbocycles. The fourth-order valence-electron chi connectivity index (χ4n) is 3.89. The van der Waals surface area contributed by atoms with Crippen LogP contribution in [0, 0.1) is 0 Å². The zero-order valence-electron chi connectivity index (χ0n) is 18.4. The molecule has 0 saturated carbocycles. The third-order valence-corrected chi connectivity index (χ3v) is 5.86. The van der Waals surface area contributed by atoms with E-state index in [0.29, 0.717) is 22.5 Å². The molecule has 0 unspecified atom stereocenters. The number of benzene rings is 2. The van der Waals surface area contributed by atoms with Crippen LogP contribution in [0.2, 0.25) is 5.02 Å². The predicted octanol–water partition coefficient (Wildman–Crippen LogP) is 4.78. The lowest BCUT2D eigenvalue weighted by Crippen LogP contribution is -2.36. The maximum absolute atomic E-state index is 11.6. The molecular weight excluding hydrogens is 452 g/mol. The lowest BCUT2D eigenvalue weighted by Gasteiger charge is -2.28. The van der Waals surface area contributed by atoms with Gasteiger partial charge in [0.25, 0.3) is 0 Å². The van der Waals surface area contributed by atoms with Crippen LogP contribution in [-0.4, -0.2) is 46.7 Å². The van der Waals surface area contributed by atoms with Gasteiger partial charge in [0.15, 0.2) is 5.82 Å². The molecule has 2 aromatic heterocycles.